The first-order chi connectivity index (χ1) is 12.2. The van der Waals surface area contributed by atoms with Gasteiger partial charge < -0.3 is 14.1 Å². The Bertz CT molecular complexity index is 686. The Kier molecular flexibility index (Phi) is 5.71. The molecule has 1 fully saturated rings. The molecule has 2 aromatic rings. The monoisotopic (exact) mass is 343 g/mol. The lowest BCUT2D eigenvalue weighted by Crippen LogP contribution is -2.48. The Morgan fingerprint density at radius 3 is 2.96 bits per heavy atom. The minimum atomic E-state index is -0.124. The number of piperidine rings is 1. The Hall–Kier alpha value is -2.34. The van der Waals surface area contributed by atoms with E-state index in [0.29, 0.717) is 12.3 Å². The van der Waals surface area contributed by atoms with Crippen LogP contribution in [0.4, 0.5) is 0 Å². The van der Waals surface area contributed by atoms with Crippen molar-refractivity contribution in [2.45, 2.75) is 32.4 Å². The third kappa shape index (κ3) is 4.39. The standard InChI is InChI=1S/C19H25N3O3/c1-3-24-19-20-17(14-25-19)18(23)21(2)16-10-7-11-22(13-16)12-15-8-5-4-6-9-15/h4-6,8-9,14,16H,3,7,10-13H2,1-2H3. The zero-order chi connectivity index (χ0) is 17.6. The molecule has 1 amide bonds. The smallest absolute Gasteiger partial charge is 0.394 e. The van der Waals surface area contributed by atoms with Crippen molar-refractivity contribution >= 4 is 5.91 Å². The maximum atomic E-state index is 12.7. The van der Waals surface area contributed by atoms with E-state index in [1.165, 1.54) is 11.8 Å². The van der Waals surface area contributed by atoms with E-state index < -0.39 is 0 Å². The molecule has 3 rings (SSSR count). The second-order valence-corrected chi connectivity index (χ2v) is 6.36. The highest BCUT2D eigenvalue weighted by molar-refractivity contribution is 5.92. The van der Waals surface area contributed by atoms with Gasteiger partial charge in [-0.3, -0.25) is 9.69 Å². The topological polar surface area (TPSA) is 58.8 Å². The number of likely N-dealkylation sites (N-methyl/N-ethyl adjacent to an activating group) is 1. The second-order valence-electron chi connectivity index (χ2n) is 6.36. The molecule has 1 aliphatic heterocycles. The maximum Gasteiger partial charge on any atom is 0.394 e. The molecule has 1 unspecified atom stereocenters. The van der Waals surface area contributed by atoms with Crippen molar-refractivity contribution in [1.29, 1.82) is 0 Å². The van der Waals surface area contributed by atoms with Gasteiger partial charge in [-0.05, 0) is 31.9 Å². The molecule has 6 heteroatoms. The lowest BCUT2D eigenvalue weighted by Gasteiger charge is -2.37. The third-order valence-electron chi connectivity index (χ3n) is 4.57. The molecule has 0 aliphatic carbocycles. The lowest BCUT2D eigenvalue weighted by molar-refractivity contribution is 0.0603. The van der Waals surface area contributed by atoms with E-state index in [4.69, 9.17) is 9.15 Å². The van der Waals surface area contributed by atoms with Gasteiger partial charge in [-0.2, -0.15) is 4.98 Å². The van der Waals surface area contributed by atoms with Crippen molar-refractivity contribution in [2.75, 3.05) is 26.7 Å². The summed E-state index contributed by atoms with van der Waals surface area (Å²) in [6.07, 6.45) is 3.60. The first-order valence-corrected chi connectivity index (χ1v) is 8.79. The molecular formula is C19H25N3O3. The van der Waals surface area contributed by atoms with E-state index in [9.17, 15) is 4.79 Å². The number of nitrogens with zero attached hydrogens (tertiary/aromatic N) is 3. The van der Waals surface area contributed by atoms with Crippen molar-refractivity contribution in [1.82, 2.24) is 14.8 Å². The highest BCUT2D eigenvalue weighted by atomic mass is 16.6. The number of benzene rings is 1. The van der Waals surface area contributed by atoms with E-state index in [-0.39, 0.29) is 18.0 Å². The third-order valence-corrected chi connectivity index (χ3v) is 4.57. The zero-order valence-corrected chi connectivity index (χ0v) is 14.9. The minimum absolute atomic E-state index is 0.124. The number of carbonyl (C=O) groups excluding carboxylic acids is 1. The van der Waals surface area contributed by atoms with Crippen molar-refractivity contribution < 1.29 is 13.9 Å². The van der Waals surface area contributed by atoms with E-state index in [2.05, 4.69) is 34.1 Å². The van der Waals surface area contributed by atoms with Gasteiger partial charge in [0.05, 0.1) is 6.61 Å². The molecule has 25 heavy (non-hydrogen) atoms. The largest absolute Gasteiger partial charge is 0.450 e. The van der Waals surface area contributed by atoms with Crippen LogP contribution in [0.25, 0.3) is 0 Å². The van der Waals surface area contributed by atoms with Crippen LogP contribution in [0.1, 0.15) is 35.8 Å². The van der Waals surface area contributed by atoms with Crippen LogP contribution in [0, 0.1) is 0 Å². The average molecular weight is 343 g/mol. The molecule has 0 saturated carbocycles. The zero-order valence-electron chi connectivity index (χ0n) is 14.9. The SMILES string of the molecule is CCOc1nc(C(=O)N(C)C2CCCN(Cc3ccccc3)C2)co1. The predicted octanol–water partition coefficient (Wildman–Crippen LogP) is 2.81. The number of oxazole rings is 1. The molecule has 0 bridgehead atoms. The van der Waals surface area contributed by atoms with E-state index in [1.807, 2.05) is 20.0 Å². The number of ether oxygens (including phenoxy) is 1. The summed E-state index contributed by atoms with van der Waals surface area (Å²) in [7, 11) is 1.84. The quantitative estimate of drug-likeness (QED) is 0.807. The fourth-order valence-electron chi connectivity index (χ4n) is 3.22. The van der Waals surface area contributed by atoms with Crippen LogP contribution in [0.15, 0.2) is 41.0 Å². The number of aromatic nitrogens is 1. The van der Waals surface area contributed by atoms with Gasteiger partial charge in [-0.1, -0.05) is 30.3 Å². The van der Waals surface area contributed by atoms with E-state index >= 15 is 0 Å². The Balaban J connectivity index is 1.60. The summed E-state index contributed by atoms with van der Waals surface area (Å²) in [6, 6.07) is 10.6. The summed E-state index contributed by atoms with van der Waals surface area (Å²) in [6.45, 7) is 5.15. The maximum absolute atomic E-state index is 12.7. The summed E-state index contributed by atoms with van der Waals surface area (Å²) in [5.41, 5.74) is 1.60. The Labute approximate surface area is 148 Å². The van der Waals surface area contributed by atoms with Crippen LogP contribution in [0.3, 0.4) is 0 Å². The first kappa shape index (κ1) is 17.5. The van der Waals surface area contributed by atoms with E-state index in [0.717, 1.165) is 32.5 Å². The summed E-state index contributed by atoms with van der Waals surface area (Å²) in [4.78, 5) is 21.0. The average Bonchev–Trinajstić information content (AvgIpc) is 3.10. The van der Waals surface area contributed by atoms with Gasteiger partial charge in [-0.25, -0.2) is 0 Å². The molecule has 1 aromatic carbocycles. The van der Waals surface area contributed by atoms with Gasteiger partial charge in [-0.15, -0.1) is 0 Å². The molecule has 1 atom stereocenters. The van der Waals surface area contributed by atoms with Gasteiger partial charge in [0.25, 0.3) is 5.91 Å². The summed E-state index contributed by atoms with van der Waals surface area (Å²) >= 11 is 0. The second kappa shape index (κ2) is 8.16. The van der Waals surface area contributed by atoms with Crippen LogP contribution in [0.5, 0.6) is 6.08 Å². The molecule has 6 nitrogen and oxygen atoms in total. The highest BCUT2D eigenvalue weighted by Crippen LogP contribution is 2.20. The Morgan fingerprint density at radius 2 is 2.20 bits per heavy atom. The number of hydrogen-bond donors (Lipinski definition) is 0. The van der Waals surface area contributed by atoms with Gasteiger partial charge in [0, 0.05) is 26.2 Å². The molecule has 0 radical (unpaired) electrons. The first-order valence-electron chi connectivity index (χ1n) is 8.79. The van der Waals surface area contributed by atoms with Crippen LogP contribution in [-0.2, 0) is 6.54 Å². The number of carbonyl (C=O) groups is 1. The minimum Gasteiger partial charge on any atom is -0.450 e. The lowest BCUT2D eigenvalue weighted by atomic mass is 10.0. The molecule has 1 aliphatic rings. The number of hydrogen-bond acceptors (Lipinski definition) is 5. The molecule has 1 aromatic heterocycles. The summed E-state index contributed by atoms with van der Waals surface area (Å²) in [5, 5.41) is 0. The van der Waals surface area contributed by atoms with Crippen molar-refractivity contribution in [3.05, 3.63) is 47.9 Å². The van der Waals surface area contributed by atoms with Gasteiger partial charge >= 0.3 is 6.08 Å². The van der Waals surface area contributed by atoms with Crippen LogP contribution in [0.2, 0.25) is 0 Å². The van der Waals surface area contributed by atoms with Crippen LogP contribution < -0.4 is 4.74 Å². The number of amides is 1. The van der Waals surface area contributed by atoms with Crippen LogP contribution >= 0.6 is 0 Å². The van der Waals surface area contributed by atoms with Gasteiger partial charge in [0.1, 0.15) is 6.26 Å². The van der Waals surface area contributed by atoms with Crippen molar-refractivity contribution in [2.24, 2.45) is 0 Å². The molecule has 134 valence electrons. The summed E-state index contributed by atoms with van der Waals surface area (Å²) in [5.74, 6) is -0.124. The normalized spacial score (nSPS) is 18.1. The van der Waals surface area contributed by atoms with E-state index in [1.54, 1.807) is 4.90 Å². The van der Waals surface area contributed by atoms with Crippen molar-refractivity contribution in [3.8, 4) is 6.08 Å². The molecular weight excluding hydrogens is 318 g/mol. The van der Waals surface area contributed by atoms with Gasteiger partial charge in [0.15, 0.2) is 5.69 Å². The molecule has 0 spiro atoms. The highest BCUT2D eigenvalue weighted by Gasteiger charge is 2.28. The Morgan fingerprint density at radius 1 is 1.40 bits per heavy atom. The molecule has 0 N–H and O–H groups in total. The molecule has 2 heterocycles. The van der Waals surface area contributed by atoms with Crippen molar-refractivity contribution in [3.63, 3.8) is 0 Å². The van der Waals surface area contributed by atoms with Crippen LogP contribution in [-0.4, -0.2) is 53.5 Å². The molecule has 1 saturated heterocycles. The number of rotatable bonds is 6. The summed E-state index contributed by atoms with van der Waals surface area (Å²) < 4.78 is 10.4. The number of likely N-dealkylation sites (tertiary alicyclic amines) is 1. The fourth-order valence-corrected chi connectivity index (χ4v) is 3.22. The predicted molar refractivity (Wildman–Crippen MR) is 94.5 cm³/mol. The fraction of sp³-hybridized carbons (Fsp3) is 0.474. The van der Waals surface area contributed by atoms with Gasteiger partial charge in [0.2, 0.25) is 0 Å².